The smallest absolute Gasteiger partial charge is 0.255 e. The van der Waals surface area contributed by atoms with Crippen LogP contribution in [0.2, 0.25) is 0 Å². The fourth-order valence-corrected chi connectivity index (χ4v) is 3.58. The van der Waals surface area contributed by atoms with Crippen molar-refractivity contribution in [2.45, 2.75) is 33.1 Å². The first-order chi connectivity index (χ1) is 14.9. The van der Waals surface area contributed by atoms with E-state index in [4.69, 9.17) is 4.74 Å². The van der Waals surface area contributed by atoms with Crippen LogP contribution < -0.4 is 15.4 Å². The summed E-state index contributed by atoms with van der Waals surface area (Å²) in [6.07, 6.45) is 2.20. The molecule has 7 nitrogen and oxygen atoms in total. The van der Waals surface area contributed by atoms with E-state index in [2.05, 4.69) is 17.6 Å². The van der Waals surface area contributed by atoms with Crippen LogP contribution in [0.1, 0.15) is 42.1 Å². The lowest BCUT2D eigenvalue weighted by Crippen LogP contribution is -2.29. The summed E-state index contributed by atoms with van der Waals surface area (Å²) in [5, 5.41) is 5.71. The summed E-state index contributed by atoms with van der Waals surface area (Å²) < 4.78 is 5.30. The van der Waals surface area contributed by atoms with Crippen LogP contribution in [0.25, 0.3) is 0 Å². The maximum Gasteiger partial charge on any atom is 0.255 e. The van der Waals surface area contributed by atoms with Crippen molar-refractivity contribution < 1.29 is 19.1 Å². The number of benzene rings is 2. The van der Waals surface area contributed by atoms with E-state index < -0.39 is 0 Å². The Morgan fingerprint density at radius 2 is 1.87 bits per heavy atom. The molecule has 0 saturated carbocycles. The normalized spacial score (nSPS) is 15.6. The van der Waals surface area contributed by atoms with Crippen molar-refractivity contribution in [3.63, 3.8) is 0 Å². The molecular formula is C24H29N3O4. The molecule has 0 bridgehead atoms. The van der Waals surface area contributed by atoms with Crippen molar-refractivity contribution in [2.24, 2.45) is 5.92 Å². The maximum absolute atomic E-state index is 12.6. The number of carbonyl (C=O) groups excluding carboxylic acids is 3. The number of anilines is 2. The number of methoxy groups -OCH3 is 1. The maximum atomic E-state index is 12.6. The Morgan fingerprint density at radius 3 is 2.55 bits per heavy atom. The molecule has 0 spiro atoms. The van der Waals surface area contributed by atoms with E-state index in [-0.39, 0.29) is 30.1 Å². The molecule has 164 valence electrons. The highest BCUT2D eigenvalue weighted by Gasteiger charge is 2.33. The minimum atomic E-state index is -0.346. The van der Waals surface area contributed by atoms with Crippen LogP contribution >= 0.6 is 0 Å². The number of rotatable bonds is 8. The van der Waals surface area contributed by atoms with Gasteiger partial charge < -0.3 is 20.3 Å². The van der Waals surface area contributed by atoms with Crippen LogP contribution in [0.5, 0.6) is 5.75 Å². The minimum absolute atomic E-state index is 0.0344. The number of aryl methyl sites for hydroxylation is 1. The molecule has 1 aliphatic heterocycles. The second-order valence-corrected chi connectivity index (χ2v) is 7.82. The van der Waals surface area contributed by atoms with Gasteiger partial charge in [0, 0.05) is 30.8 Å². The standard InChI is InChI=1S/C24H29N3O4/c1-4-5-12-27-15-18(14-22(27)28)24(30)25-19-9-7-17(8-10-19)23(29)26-20-13-16(2)6-11-21(20)31-3/h6-11,13,18H,4-5,12,14-15H2,1-3H3,(H,25,30)(H,26,29). The fraction of sp³-hybridized carbons (Fsp3) is 0.375. The average Bonchev–Trinajstić information content (AvgIpc) is 3.13. The molecular weight excluding hydrogens is 394 g/mol. The molecule has 2 N–H and O–H groups in total. The van der Waals surface area contributed by atoms with Crippen LogP contribution in [-0.4, -0.2) is 42.8 Å². The first-order valence-electron chi connectivity index (χ1n) is 10.6. The largest absolute Gasteiger partial charge is 0.495 e. The van der Waals surface area contributed by atoms with Crippen molar-refractivity contribution in [1.82, 2.24) is 4.90 Å². The number of hydrogen-bond acceptors (Lipinski definition) is 4. The zero-order valence-corrected chi connectivity index (χ0v) is 18.2. The molecule has 0 aliphatic carbocycles. The molecule has 3 rings (SSSR count). The lowest BCUT2D eigenvalue weighted by Gasteiger charge is -2.16. The molecule has 0 radical (unpaired) electrons. The Bertz CT molecular complexity index is 956. The second-order valence-electron chi connectivity index (χ2n) is 7.82. The van der Waals surface area contributed by atoms with Crippen LogP contribution in [0.3, 0.4) is 0 Å². The summed E-state index contributed by atoms with van der Waals surface area (Å²) in [5.74, 6) is -0.168. The highest BCUT2D eigenvalue weighted by Crippen LogP contribution is 2.26. The lowest BCUT2D eigenvalue weighted by atomic mass is 10.1. The van der Waals surface area contributed by atoms with Crippen LogP contribution in [0.15, 0.2) is 42.5 Å². The van der Waals surface area contributed by atoms with E-state index in [1.807, 2.05) is 19.1 Å². The van der Waals surface area contributed by atoms with E-state index in [1.54, 1.807) is 42.3 Å². The summed E-state index contributed by atoms with van der Waals surface area (Å²) in [6, 6.07) is 12.2. The predicted molar refractivity (Wildman–Crippen MR) is 120 cm³/mol. The van der Waals surface area contributed by atoms with Gasteiger partial charge in [0.25, 0.3) is 5.91 Å². The van der Waals surface area contributed by atoms with Gasteiger partial charge in [-0.05, 0) is 55.3 Å². The van der Waals surface area contributed by atoms with Gasteiger partial charge in [0.05, 0.1) is 18.7 Å². The predicted octanol–water partition coefficient (Wildman–Crippen LogP) is 3.84. The third kappa shape index (κ3) is 5.63. The van der Waals surface area contributed by atoms with Crippen LogP contribution in [0, 0.1) is 12.8 Å². The number of unbranched alkanes of at least 4 members (excludes halogenated alkanes) is 1. The number of nitrogens with one attached hydrogen (secondary N) is 2. The second kappa shape index (κ2) is 10.1. The van der Waals surface area contributed by atoms with Gasteiger partial charge in [-0.25, -0.2) is 0 Å². The zero-order chi connectivity index (χ0) is 22.4. The molecule has 1 aliphatic rings. The van der Waals surface area contributed by atoms with Gasteiger partial charge >= 0.3 is 0 Å². The van der Waals surface area contributed by atoms with Crippen molar-refractivity contribution in [2.75, 3.05) is 30.8 Å². The number of likely N-dealkylation sites (tertiary alicyclic amines) is 1. The van der Waals surface area contributed by atoms with Crippen molar-refractivity contribution >= 4 is 29.1 Å². The minimum Gasteiger partial charge on any atom is -0.495 e. The number of carbonyl (C=O) groups is 3. The monoisotopic (exact) mass is 423 g/mol. The van der Waals surface area contributed by atoms with Crippen molar-refractivity contribution in [3.8, 4) is 5.75 Å². The first kappa shape index (κ1) is 22.3. The molecule has 1 fully saturated rings. The molecule has 31 heavy (non-hydrogen) atoms. The molecule has 1 atom stereocenters. The van der Waals surface area contributed by atoms with E-state index in [0.29, 0.717) is 35.8 Å². The molecule has 0 aromatic heterocycles. The van der Waals surface area contributed by atoms with Gasteiger partial charge in [-0.15, -0.1) is 0 Å². The van der Waals surface area contributed by atoms with Gasteiger partial charge in [0.15, 0.2) is 0 Å². The molecule has 1 unspecified atom stereocenters. The van der Waals surface area contributed by atoms with Gasteiger partial charge in [0.1, 0.15) is 5.75 Å². The Morgan fingerprint density at radius 1 is 1.13 bits per heavy atom. The Labute approximate surface area is 182 Å². The Hall–Kier alpha value is -3.35. The van der Waals surface area contributed by atoms with E-state index >= 15 is 0 Å². The number of amides is 3. The molecule has 2 aromatic carbocycles. The number of hydrogen-bond donors (Lipinski definition) is 2. The summed E-state index contributed by atoms with van der Waals surface area (Å²) in [5.41, 5.74) is 2.66. The zero-order valence-electron chi connectivity index (χ0n) is 18.2. The van der Waals surface area contributed by atoms with Gasteiger partial charge in [-0.2, -0.15) is 0 Å². The van der Waals surface area contributed by atoms with Gasteiger partial charge in [-0.3, -0.25) is 14.4 Å². The SMILES string of the molecule is CCCCN1CC(C(=O)Nc2ccc(C(=O)Nc3cc(C)ccc3OC)cc2)CC1=O. The first-order valence-corrected chi connectivity index (χ1v) is 10.6. The Kier molecular flexibility index (Phi) is 7.28. The van der Waals surface area contributed by atoms with Crippen molar-refractivity contribution in [1.29, 1.82) is 0 Å². The third-order valence-corrected chi connectivity index (χ3v) is 5.38. The molecule has 1 heterocycles. The van der Waals surface area contributed by atoms with Crippen molar-refractivity contribution in [3.05, 3.63) is 53.6 Å². The third-order valence-electron chi connectivity index (χ3n) is 5.38. The fourth-order valence-electron chi connectivity index (χ4n) is 3.58. The molecule has 7 heteroatoms. The van der Waals surface area contributed by atoms with Gasteiger partial charge in [-0.1, -0.05) is 19.4 Å². The van der Waals surface area contributed by atoms with Crippen LogP contribution in [0.4, 0.5) is 11.4 Å². The summed E-state index contributed by atoms with van der Waals surface area (Å²) in [4.78, 5) is 39.0. The highest BCUT2D eigenvalue weighted by atomic mass is 16.5. The summed E-state index contributed by atoms with van der Waals surface area (Å²) in [6.45, 7) is 5.18. The van der Waals surface area contributed by atoms with E-state index in [0.717, 1.165) is 18.4 Å². The average molecular weight is 424 g/mol. The quantitative estimate of drug-likeness (QED) is 0.675. The van der Waals surface area contributed by atoms with Gasteiger partial charge in [0.2, 0.25) is 11.8 Å². The van der Waals surface area contributed by atoms with E-state index in [9.17, 15) is 14.4 Å². The molecule has 3 amide bonds. The number of nitrogens with zero attached hydrogens (tertiary/aromatic N) is 1. The summed E-state index contributed by atoms with van der Waals surface area (Å²) >= 11 is 0. The Balaban J connectivity index is 1.59. The molecule has 2 aromatic rings. The molecule has 1 saturated heterocycles. The lowest BCUT2D eigenvalue weighted by molar-refractivity contribution is -0.128. The highest BCUT2D eigenvalue weighted by molar-refractivity contribution is 6.05. The summed E-state index contributed by atoms with van der Waals surface area (Å²) in [7, 11) is 1.55. The van der Waals surface area contributed by atoms with E-state index in [1.165, 1.54) is 0 Å². The van der Waals surface area contributed by atoms with Crippen LogP contribution in [-0.2, 0) is 9.59 Å². The topological polar surface area (TPSA) is 87.7 Å². The number of ether oxygens (including phenoxy) is 1.